The molecule has 0 aliphatic carbocycles. The minimum atomic E-state index is 0.385. The molecule has 0 saturated heterocycles. The van der Waals surface area contributed by atoms with Crippen LogP contribution in [0, 0.1) is 0 Å². The molecular weight excluding hydrogens is 322 g/mol. The molecule has 0 radical (unpaired) electrons. The Kier molecular flexibility index (Phi) is 5.43. The summed E-state index contributed by atoms with van der Waals surface area (Å²) in [5.41, 5.74) is 0.992. The van der Waals surface area contributed by atoms with E-state index in [1.165, 1.54) is 8.66 Å². The van der Waals surface area contributed by atoms with Gasteiger partial charge in [-0.1, -0.05) is 25.1 Å². The molecule has 0 aliphatic heterocycles. The average Bonchev–Trinajstić information content (AvgIpc) is 2.78. The SMILES string of the molecule is CCCN(Cc1ccc(Br)s1)Cc1ccccc1O. The van der Waals surface area contributed by atoms with Gasteiger partial charge in [-0.05, 0) is 47.1 Å². The third-order valence-corrected chi connectivity index (χ3v) is 4.54. The zero-order chi connectivity index (χ0) is 13.7. The van der Waals surface area contributed by atoms with Gasteiger partial charge >= 0.3 is 0 Å². The number of thiophene rings is 1. The standard InChI is InChI=1S/C15H18BrNOS/c1-2-9-17(11-13-7-8-15(16)19-13)10-12-5-3-4-6-14(12)18/h3-8,18H,2,9-11H2,1H3. The predicted molar refractivity (Wildman–Crippen MR) is 84.5 cm³/mol. The highest BCUT2D eigenvalue weighted by atomic mass is 79.9. The Morgan fingerprint density at radius 2 is 1.95 bits per heavy atom. The van der Waals surface area contributed by atoms with Crippen molar-refractivity contribution in [2.45, 2.75) is 26.4 Å². The van der Waals surface area contributed by atoms with Crippen molar-refractivity contribution in [3.05, 3.63) is 50.6 Å². The number of benzene rings is 1. The second-order valence-corrected chi connectivity index (χ2v) is 7.09. The Morgan fingerprint density at radius 1 is 1.16 bits per heavy atom. The average molecular weight is 340 g/mol. The fourth-order valence-corrected chi connectivity index (χ4v) is 3.60. The molecule has 0 amide bonds. The number of para-hydroxylation sites is 1. The minimum Gasteiger partial charge on any atom is -0.508 e. The van der Waals surface area contributed by atoms with Gasteiger partial charge in [-0.15, -0.1) is 11.3 Å². The highest BCUT2D eigenvalue weighted by molar-refractivity contribution is 9.11. The van der Waals surface area contributed by atoms with Gasteiger partial charge in [0.25, 0.3) is 0 Å². The van der Waals surface area contributed by atoms with Gasteiger partial charge < -0.3 is 5.11 Å². The van der Waals surface area contributed by atoms with Crippen molar-refractivity contribution in [1.29, 1.82) is 0 Å². The van der Waals surface area contributed by atoms with E-state index in [4.69, 9.17) is 0 Å². The summed E-state index contributed by atoms with van der Waals surface area (Å²) in [6, 6.07) is 11.8. The van der Waals surface area contributed by atoms with Gasteiger partial charge in [0.15, 0.2) is 0 Å². The third kappa shape index (κ3) is 4.34. The maximum Gasteiger partial charge on any atom is 0.120 e. The van der Waals surface area contributed by atoms with Crippen molar-refractivity contribution in [2.75, 3.05) is 6.54 Å². The van der Waals surface area contributed by atoms with Crippen LogP contribution in [-0.2, 0) is 13.1 Å². The molecule has 102 valence electrons. The lowest BCUT2D eigenvalue weighted by Gasteiger charge is -2.21. The van der Waals surface area contributed by atoms with Gasteiger partial charge in [-0.2, -0.15) is 0 Å². The molecule has 1 aromatic heterocycles. The van der Waals surface area contributed by atoms with Gasteiger partial charge in [0.05, 0.1) is 3.79 Å². The van der Waals surface area contributed by atoms with E-state index in [0.717, 1.165) is 31.6 Å². The molecule has 0 spiro atoms. The molecule has 0 fully saturated rings. The molecule has 0 atom stereocenters. The molecule has 0 saturated carbocycles. The Morgan fingerprint density at radius 3 is 2.58 bits per heavy atom. The van der Waals surface area contributed by atoms with Gasteiger partial charge in [-0.25, -0.2) is 0 Å². The molecule has 1 aromatic carbocycles. The predicted octanol–water partition coefficient (Wildman–Crippen LogP) is 4.63. The second-order valence-electron chi connectivity index (χ2n) is 4.55. The number of hydrogen-bond acceptors (Lipinski definition) is 3. The number of hydrogen-bond donors (Lipinski definition) is 1. The van der Waals surface area contributed by atoms with Crippen molar-refractivity contribution in [2.24, 2.45) is 0 Å². The molecule has 0 unspecified atom stereocenters. The normalized spacial score (nSPS) is 11.1. The fraction of sp³-hybridized carbons (Fsp3) is 0.333. The van der Waals surface area contributed by atoms with Crippen molar-refractivity contribution >= 4 is 27.3 Å². The molecule has 2 nitrogen and oxygen atoms in total. The second kappa shape index (κ2) is 7.08. The molecule has 19 heavy (non-hydrogen) atoms. The number of nitrogens with zero attached hydrogens (tertiary/aromatic N) is 1. The van der Waals surface area contributed by atoms with Crippen LogP contribution >= 0.6 is 27.3 Å². The lowest BCUT2D eigenvalue weighted by atomic mass is 10.2. The molecular formula is C15H18BrNOS. The van der Waals surface area contributed by atoms with Gasteiger partial charge in [0.1, 0.15) is 5.75 Å². The van der Waals surface area contributed by atoms with Crippen LogP contribution in [0.25, 0.3) is 0 Å². The monoisotopic (exact) mass is 339 g/mol. The van der Waals surface area contributed by atoms with Gasteiger partial charge in [0, 0.05) is 23.5 Å². The largest absolute Gasteiger partial charge is 0.508 e. The summed E-state index contributed by atoms with van der Waals surface area (Å²) in [4.78, 5) is 3.71. The lowest BCUT2D eigenvalue weighted by molar-refractivity contribution is 0.256. The van der Waals surface area contributed by atoms with Crippen LogP contribution in [-0.4, -0.2) is 16.6 Å². The number of phenolic OH excluding ortho intramolecular Hbond substituents is 1. The van der Waals surface area contributed by atoms with E-state index in [-0.39, 0.29) is 0 Å². The minimum absolute atomic E-state index is 0.385. The molecule has 1 heterocycles. The van der Waals surface area contributed by atoms with Crippen LogP contribution in [0.1, 0.15) is 23.8 Å². The first kappa shape index (κ1) is 14.6. The number of phenols is 1. The first-order valence-electron chi connectivity index (χ1n) is 6.42. The zero-order valence-electron chi connectivity index (χ0n) is 11.0. The number of rotatable bonds is 6. The van der Waals surface area contributed by atoms with Crippen molar-refractivity contribution in [1.82, 2.24) is 4.90 Å². The van der Waals surface area contributed by atoms with Crippen molar-refractivity contribution in [3.8, 4) is 5.75 Å². The van der Waals surface area contributed by atoms with E-state index in [0.29, 0.717) is 5.75 Å². The molecule has 2 aromatic rings. The molecule has 0 bridgehead atoms. The van der Waals surface area contributed by atoms with E-state index < -0.39 is 0 Å². The first-order valence-corrected chi connectivity index (χ1v) is 8.03. The van der Waals surface area contributed by atoms with E-state index >= 15 is 0 Å². The maximum atomic E-state index is 9.87. The Labute approximate surface area is 126 Å². The highest BCUT2D eigenvalue weighted by Crippen LogP contribution is 2.25. The van der Waals surface area contributed by atoms with Crippen LogP contribution in [0.5, 0.6) is 5.75 Å². The smallest absolute Gasteiger partial charge is 0.120 e. The van der Waals surface area contributed by atoms with E-state index in [2.05, 4.69) is 39.9 Å². The zero-order valence-corrected chi connectivity index (χ0v) is 13.4. The van der Waals surface area contributed by atoms with Gasteiger partial charge in [-0.3, -0.25) is 4.90 Å². The Balaban J connectivity index is 2.06. The highest BCUT2D eigenvalue weighted by Gasteiger charge is 2.10. The topological polar surface area (TPSA) is 23.5 Å². The van der Waals surface area contributed by atoms with E-state index in [9.17, 15) is 5.11 Å². The number of aromatic hydroxyl groups is 1. The summed E-state index contributed by atoms with van der Waals surface area (Å²) in [6.45, 7) is 4.93. The van der Waals surface area contributed by atoms with E-state index in [1.54, 1.807) is 17.4 Å². The molecule has 0 aliphatic rings. The van der Waals surface area contributed by atoms with Crippen LogP contribution in [0.15, 0.2) is 40.2 Å². The third-order valence-electron chi connectivity index (χ3n) is 2.93. The summed E-state index contributed by atoms with van der Waals surface area (Å²) in [5.74, 6) is 0.385. The van der Waals surface area contributed by atoms with Crippen LogP contribution in [0.3, 0.4) is 0 Å². The Hall–Kier alpha value is -0.840. The molecule has 4 heteroatoms. The summed E-state index contributed by atoms with van der Waals surface area (Å²) >= 11 is 5.27. The summed E-state index contributed by atoms with van der Waals surface area (Å²) < 4.78 is 1.17. The quantitative estimate of drug-likeness (QED) is 0.829. The molecule has 1 N–H and O–H groups in total. The summed E-state index contributed by atoms with van der Waals surface area (Å²) in [5, 5.41) is 9.87. The number of halogens is 1. The van der Waals surface area contributed by atoms with Gasteiger partial charge in [0.2, 0.25) is 0 Å². The maximum absolute atomic E-state index is 9.87. The molecule has 2 rings (SSSR count). The first-order chi connectivity index (χ1) is 9.19. The van der Waals surface area contributed by atoms with Crippen molar-refractivity contribution < 1.29 is 5.11 Å². The Bertz CT molecular complexity index is 526. The van der Waals surface area contributed by atoms with Crippen LogP contribution in [0.4, 0.5) is 0 Å². The summed E-state index contributed by atoms with van der Waals surface area (Å²) in [6.07, 6.45) is 1.11. The fourth-order valence-electron chi connectivity index (χ4n) is 2.07. The van der Waals surface area contributed by atoms with E-state index in [1.807, 2.05) is 18.2 Å². The van der Waals surface area contributed by atoms with Crippen LogP contribution < -0.4 is 0 Å². The van der Waals surface area contributed by atoms with Crippen LogP contribution in [0.2, 0.25) is 0 Å². The van der Waals surface area contributed by atoms with Crippen molar-refractivity contribution in [3.63, 3.8) is 0 Å². The summed E-state index contributed by atoms with van der Waals surface area (Å²) in [7, 11) is 0. The lowest BCUT2D eigenvalue weighted by Crippen LogP contribution is -2.23.